The summed E-state index contributed by atoms with van der Waals surface area (Å²) >= 11 is 12.5. The van der Waals surface area contributed by atoms with Crippen molar-refractivity contribution in [2.75, 3.05) is 0 Å². The molecule has 1 aromatic heterocycles. The van der Waals surface area contributed by atoms with Gasteiger partial charge in [-0.3, -0.25) is 0 Å². The van der Waals surface area contributed by atoms with Gasteiger partial charge in [0.05, 0.1) is 16.8 Å². The molecule has 0 N–H and O–H groups in total. The molecule has 3 rings (SSSR count). The summed E-state index contributed by atoms with van der Waals surface area (Å²) in [5, 5.41) is 5.19. The predicted octanol–water partition coefficient (Wildman–Crippen LogP) is 4.98. The Bertz CT molecular complexity index is 713. The van der Waals surface area contributed by atoms with Crippen molar-refractivity contribution in [1.29, 1.82) is 0 Å². The Balaban J connectivity index is 2.11. The van der Waals surface area contributed by atoms with Gasteiger partial charge < -0.3 is 4.74 Å². The molecule has 0 aliphatic heterocycles. The molecule has 0 radical (unpaired) electrons. The van der Waals surface area contributed by atoms with Crippen molar-refractivity contribution < 1.29 is 9.13 Å². The lowest BCUT2D eigenvalue weighted by Crippen LogP contribution is -2.10. The molecule has 0 fully saturated rings. The van der Waals surface area contributed by atoms with E-state index in [0.29, 0.717) is 5.15 Å². The van der Waals surface area contributed by atoms with Crippen molar-refractivity contribution >= 4 is 23.2 Å². The third-order valence-electron chi connectivity index (χ3n) is 3.70. The topological polar surface area (TPSA) is 27.1 Å². The molecule has 1 aliphatic rings. The molecule has 0 bridgehead atoms. The van der Waals surface area contributed by atoms with Crippen molar-refractivity contribution in [2.45, 2.75) is 45.6 Å². The first-order valence-corrected chi connectivity index (χ1v) is 8.16. The summed E-state index contributed by atoms with van der Waals surface area (Å²) in [6.45, 7) is 3.64. The van der Waals surface area contributed by atoms with Gasteiger partial charge in [0.25, 0.3) is 0 Å². The van der Waals surface area contributed by atoms with Crippen LogP contribution in [0.1, 0.15) is 37.9 Å². The highest BCUT2D eigenvalue weighted by Gasteiger charge is 2.23. The molecular formula is C16H17Cl2FN2O. The van der Waals surface area contributed by atoms with Crippen molar-refractivity contribution in [1.82, 2.24) is 9.78 Å². The Kier molecular flexibility index (Phi) is 4.33. The molecule has 1 aliphatic carbocycles. The first-order chi connectivity index (χ1) is 10.5. The summed E-state index contributed by atoms with van der Waals surface area (Å²) < 4.78 is 21.7. The van der Waals surface area contributed by atoms with E-state index in [0.717, 1.165) is 36.9 Å². The minimum absolute atomic E-state index is 0.0405. The Morgan fingerprint density at radius 3 is 2.64 bits per heavy atom. The molecule has 0 saturated heterocycles. The Hall–Kier alpha value is -1.26. The number of rotatable bonds is 3. The van der Waals surface area contributed by atoms with E-state index in [4.69, 9.17) is 27.9 Å². The van der Waals surface area contributed by atoms with Crippen molar-refractivity contribution in [3.8, 4) is 11.4 Å². The second-order valence-corrected chi connectivity index (χ2v) is 6.48. The minimum Gasteiger partial charge on any atom is -0.486 e. The quantitative estimate of drug-likeness (QED) is 0.786. The number of nitrogens with zero attached hydrogens (tertiary/aromatic N) is 2. The molecule has 0 unspecified atom stereocenters. The van der Waals surface area contributed by atoms with Gasteiger partial charge in [-0.1, -0.05) is 23.2 Å². The van der Waals surface area contributed by atoms with Gasteiger partial charge in [-0.15, -0.1) is 0 Å². The first-order valence-electron chi connectivity index (χ1n) is 7.40. The maximum atomic E-state index is 14.8. The van der Waals surface area contributed by atoms with Gasteiger partial charge in [0.1, 0.15) is 10.8 Å². The molecule has 1 aromatic carbocycles. The zero-order valence-corrected chi connectivity index (χ0v) is 14.0. The van der Waals surface area contributed by atoms with E-state index < -0.39 is 5.82 Å². The van der Waals surface area contributed by atoms with Crippen LogP contribution in [0, 0.1) is 5.82 Å². The Morgan fingerprint density at radius 1 is 1.23 bits per heavy atom. The average Bonchev–Trinajstić information content (AvgIpc) is 2.81. The summed E-state index contributed by atoms with van der Waals surface area (Å²) in [5.74, 6) is -0.498. The fourth-order valence-corrected chi connectivity index (χ4v) is 3.23. The van der Waals surface area contributed by atoms with Crippen LogP contribution in [0.3, 0.4) is 0 Å². The summed E-state index contributed by atoms with van der Waals surface area (Å²) in [6, 6.07) is 3.18. The fraction of sp³-hybridized carbons (Fsp3) is 0.438. The van der Waals surface area contributed by atoms with E-state index in [1.165, 1.54) is 4.68 Å². The van der Waals surface area contributed by atoms with Gasteiger partial charge in [0, 0.05) is 5.56 Å². The van der Waals surface area contributed by atoms with Gasteiger partial charge in [-0.2, -0.15) is 5.10 Å². The second kappa shape index (κ2) is 6.09. The number of hydrogen-bond acceptors (Lipinski definition) is 2. The summed E-state index contributed by atoms with van der Waals surface area (Å²) in [5.41, 5.74) is 2.24. The van der Waals surface area contributed by atoms with Crippen molar-refractivity contribution in [2.24, 2.45) is 0 Å². The molecule has 0 saturated carbocycles. The number of aryl methyl sites for hydroxylation is 1. The zero-order chi connectivity index (χ0) is 15.9. The number of fused-ring (bicyclic) bond motifs is 1. The first kappa shape index (κ1) is 15.6. The van der Waals surface area contributed by atoms with Crippen LogP contribution in [0.15, 0.2) is 12.1 Å². The van der Waals surface area contributed by atoms with E-state index in [2.05, 4.69) is 5.10 Å². The highest BCUT2D eigenvalue weighted by molar-refractivity contribution is 6.32. The summed E-state index contributed by atoms with van der Waals surface area (Å²) in [6.07, 6.45) is 3.77. The Morgan fingerprint density at radius 2 is 1.95 bits per heavy atom. The summed E-state index contributed by atoms with van der Waals surface area (Å²) in [7, 11) is 0. The van der Waals surface area contributed by atoms with E-state index >= 15 is 0 Å². The molecule has 6 heteroatoms. The SMILES string of the molecule is CC(C)Oc1c(Cl)ccc(-n2nc3c(c2Cl)CCCC3)c1F. The number of ether oxygens (including phenoxy) is 1. The van der Waals surface area contributed by atoms with Gasteiger partial charge in [-0.25, -0.2) is 9.07 Å². The van der Waals surface area contributed by atoms with E-state index in [1.807, 2.05) is 13.8 Å². The van der Waals surface area contributed by atoms with Crippen LogP contribution < -0.4 is 4.74 Å². The molecule has 0 atom stereocenters. The average molecular weight is 343 g/mol. The molecule has 0 amide bonds. The predicted molar refractivity (Wildman–Crippen MR) is 85.9 cm³/mol. The van der Waals surface area contributed by atoms with Crippen LogP contribution in [0.25, 0.3) is 5.69 Å². The number of hydrogen-bond donors (Lipinski definition) is 0. The van der Waals surface area contributed by atoms with Gasteiger partial charge in [0.2, 0.25) is 0 Å². The van der Waals surface area contributed by atoms with Crippen LogP contribution >= 0.6 is 23.2 Å². The highest BCUT2D eigenvalue weighted by atomic mass is 35.5. The van der Waals surface area contributed by atoms with Crippen LogP contribution in [-0.4, -0.2) is 15.9 Å². The van der Waals surface area contributed by atoms with Crippen molar-refractivity contribution in [3.63, 3.8) is 0 Å². The smallest absolute Gasteiger partial charge is 0.192 e. The second-order valence-electron chi connectivity index (χ2n) is 5.71. The lowest BCUT2D eigenvalue weighted by atomic mass is 9.99. The van der Waals surface area contributed by atoms with Crippen LogP contribution in [0.5, 0.6) is 5.75 Å². The monoisotopic (exact) mass is 342 g/mol. The largest absolute Gasteiger partial charge is 0.486 e. The Labute approximate surface area is 139 Å². The molecule has 3 nitrogen and oxygen atoms in total. The highest BCUT2D eigenvalue weighted by Crippen LogP contribution is 2.35. The number of halogens is 3. The maximum absolute atomic E-state index is 14.8. The lowest BCUT2D eigenvalue weighted by Gasteiger charge is -2.14. The lowest BCUT2D eigenvalue weighted by molar-refractivity contribution is 0.231. The van der Waals surface area contributed by atoms with Crippen LogP contribution in [0.2, 0.25) is 10.2 Å². The van der Waals surface area contributed by atoms with Gasteiger partial charge in [-0.05, 0) is 51.7 Å². The number of benzene rings is 1. The molecule has 22 heavy (non-hydrogen) atoms. The third kappa shape index (κ3) is 2.70. The number of aromatic nitrogens is 2. The molecular weight excluding hydrogens is 326 g/mol. The van der Waals surface area contributed by atoms with Crippen molar-refractivity contribution in [3.05, 3.63) is 39.4 Å². The molecule has 0 spiro atoms. The standard InChI is InChI=1S/C16H17Cl2FN2O/c1-9(2)22-15-11(17)7-8-13(14(15)19)21-16(18)10-5-3-4-6-12(10)20-21/h7-9H,3-6H2,1-2H3. The molecule has 118 valence electrons. The van der Waals surface area contributed by atoms with Crippen LogP contribution in [0.4, 0.5) is 4.39 Å². The van der Waals surface area contributed by atoms with E-state index in [1.54, 1.807) is 12.1 Å². The van der Waals surface area contributed by atoms with E-state index in [9.17, 15) is 4.39 Å². The third-order valence-corrected chi connectivity index (χ3v) is 4.39. The van der Waals surface area contributed by atoms with E-state index in [-0.39, 0.29) is 22.6 Å². The summed E-state index contributed by atoms with van der Waals surface area (Å²) in [4.78, 5) is 0. The maximum Gasteiger partial charge on any atom is 0.192 e. The fourth-order valence-electron chi connectivity index (χ4n) is 2.70. The van der Waals surface area contributed by atoms with Crippen LogP contribution in [-0.2, 0) is 12.8 Å². The normalized spacial score (nSPS) is 14.3. The minimum atomic E-state index is -0.539. The van der Waals surface area contributed by atoms with Gasteiger partial charge in [0.15, 0.2) is 11.6 Å². The zero-order valence-electron chi connectivity index (χ0n) is 12.5. The van der Waals surface area contributed by atoms with Gasteiger partial charge >= 0.3 is 0 Å². The molecule has 1 heterocycles. The molecule has 2 aromatic rings.